The van der Waals surface area contributed by atoms with Gasteiger partial charge in [0.25, 0.3) is 0 Å². The lowest BCUT2D eigenvalue weighted by Crippen LogP contribution is -2.31. The van der Waals surface area contributed by atoms with E-state index in [1.807, 2.05) is 59.3 Å². The Balaban J connectivity index is 1.17. The standard InChI is InChI=1S/C33H28N4O2S/c38-29-15-7-14-28-30(29)31(24-16-18-26(19-17-24)39-20-22-8-2-1-3-9-22)37-32(34-28)35-33(36-37)40-21-25-12-6-11-23-10-4-5-13-27(23)25/h1-6,8-13,16-19,31H,7,14-15,20-21H2,(H,34,35,36). The summed E-state index contributed by atoms with van der Waals surface area (Å²) in [5.74, 6) is 2.41. The zero-order valence-corrected chi connectivity index (χ0v) is 22.7. The van der Waals surface area contributed by atoms with Crippen LogP contribution in [0.3, 0.4) is 0 Å². The van der Waals surface area contributed by atoms with E-state index in [9.17, 15) is 4.79 Å². The van der Waals surface area contributed by atoms with Gasteiger partial charge in [0.05, 0.1) is 0 Å². The maximum absolute atomic E-state index is 13.2. The van der Waals surface area contributed by atoms with E-state index in [1.54, 1.807) is 11.8 Å². The van der Waals surface area contributed by atoms with Gasteiger partial charge in [0.1, 0.15) is 18.4 Å². The molecule has 2 aliphatic rings. The Labute approximate surface area is 237 Å². The van der Waals surface area contributed by atoms with Gasteiger partial charge in [0.15, 0.2) is 5.78 Å². The second kappa shape index (κ2) is 10.7. The summed E-state index contributed by atoms with van der Waals surface area (Å²) in [5, 5.41) is 11.5. The average molecular weight is 545 g/mol. The SMILES string of the molecule is O=C1CCCC2=C1C(c1ccc(OCc3ccccc3)cc1)n1nc(SCc3cccc4ccccc34)nc1N2. The van der Waals surface area contributed by atoms with Crippen molar-refractivity contribution in [1.29, 1.82) is 0 Å². The summed E-state index contributed by atoms with van der Waals surface area (Å²) in [4.78, 5) is 18.1. The Hall–Kier alpha value is -4.36. The molecule has 0 amide bonds. The van der Waals surface area contributed by atoms with Crippen molar-refractivity contribution in [1.82, 2.24) is 14.8 Å². The lowest BCUT2D eigenvalue weighted by molar-refractivity contribution is -0.116. The second-order valence-corrected chi connectivity index (χ2v) is 11.1. The molecule has 1 aromatic heterocycles. The summed E-state index contributed by atoms with van der Waals surface area (Å²) in [6.07, 6.45) is 2.24. The van der Waals surface area contributed by atoms with Crippen molar-refractivity contribution in [2.45, 2.75) is 42.8 Å². The number of allylic oxidation sites excluding steroid dienone is 2. The van der Waals surface area contributed by atoms with E-state index >= 15 is 0 Å². The van der Waals surface area contributed by atoms with Crippen LogP contribution in [-0.4, -0.2) is 20.5 Å². The fraction of sp³-hybridized carbons (Fsp3) is 0.182. The molecule has 1 atom stereocenters. The molecule has 0 saturated carbocycles. The number of fused-ring (bicyclic) bond motifs is 2. The van der Waals surface area contributed by atoms with Crippen LogP contribution in [-0.2, 0) is 17.2 Å². The third kappa shape index (κ3) is 4.77. The highest BCUT2D eigenvalue weighted by Crippen LogP contribution is 2.41. The number of hydrogen-bond donors (Lipinski definition) is 1. The van der Waals surface area contributed by atoms with E-state index in [0.717, 1.165) is 46.7 Å². The normalized spacial score (nSPS) is 16.4. The first-order chi connectivity index (χ1) is 19.7. The highest BCUT2D eigenvalue weighted by molar-refractivity contribution is 7.98. The van der Waals surface area contributed by atoms with Crippen molar-refractivity contribution < 1.29 is 9.53 Å². The number of thioether (sulfide) groups is 1. The van der Waals surface area contributed by atoms with Gasteiger partial charge in [0.2, 0.25) is 11.1 Å². The van der Waals surface area contributed by atoms with Crippen molar-refractivity contribution >= 4 is 34.3 Å². The molecule has 5 aromatic rings. The molecule has 198 valence electrons. The second-order valence-electron chi connectivity index (χ2n) is 10.1. The van der Waals surface area contributed by atoms with Gasteiger partial charge in [-0.05, 0) is 52.4 Å². The Bertz CT molecular complexity index is 1720. The molecule has 0 bridgehead atoms. The highest BCUT2D eigenvalue weighted by Gasteiger charge is 2.36. The number of nitrogens with one attached hydrogen (secondary N) is 1. The van der Waals surface area contributed by atoms with Gasteiger partial charge in [-0.2, -0.15) is 4.98 Å². The van der Waals surface area contributed by atoms with Gasteiger partial charge < -0.3 is 10.1 Å². The van der Waals surface area contributed by atoms with Crippen molar-refractivity contribution in [2.75, 3.05) is 5.32 Å². The quantitative estimate of drug-likeness (QED) is 0.217. The van der Waals surface area contributed by atoms with E-state index in [0.29, 0.717) is 24.1 Å². The minimum atomic E-state index is -0.318. The maximum Gasteiger partial charge on any atom is 0.227 e. The van der Waals surface area contributed by atoms with Crippen LogP contribution >= 0.6 is 11.8 Å². The van der Waals surface area contributed by atoms with Gasteiger partial charge in [-0.3, -0.25) is 4.79 Å². The smallest absolute Gasteiger partial charge is 0.227 e. The molecule has 0 fully saturated rings. The largest absolute Gasteiger partial charge is 0.489 e. The average Bonchev–Trinajstić information content (AvgIpc) is 3.41. The van der Waals surface area contributed by atoms with Gasteiger partial charge in [0, 0.05) is 23.4 Å². The predicted octanol–water partition coefficient (Wildman–Crippen LogP) is 7.32. The molecule has 0 radical (unpaired) electrons. The van der Waals surface area contributed by atoms with Crippen LogP contribution in [0.25, 0.3) is 10.8 Å². The predicted molar refractivity (Wildman–Crippen MR) is 158 cm³/mol. The van der Waals surface area contributed by atoms with Crippen LogP contribution in [0.15, 0.2) is 113 Å². The molecule has 0 saturated heterocycles. The van der Waals surface area contributed by atoms with Gasteiger partial charge in [-0.15, -0.1) is 5.10 Å². The number of hydrogen-bond acceptors (Lipinski definition) is 6. The van der Waals surface area contributed by atoms with Crippen LogP contribution in [0.1, 0.15) is 42.0 Å². The van der Waals surface area contributed by atoms with E-state index in [1.165, 1.54) is 16.3 Å². The number of carbonyl (C=O) groups is 1. The third-order valence-corrected chi connectivity index (χ3v) is 8.42. The van der Waals surface area contributed by atoms with Crippen LogP contribution in [0.2, 0.25) is 0 Å². The topological polar surface area (TPSA) is 69.0 Å². The number of anilines is 1. The van der Waals surface area contributed by atoms with Gasteiger partial charge in [-0.25, -0.2) is 4.68 Å². The summed E-state index contributed by atoms with van der Waals surface area (Å²) in [6, 6.07) is 32.6. The van der Waals surface area contributed by atoms with E-state index in [-0.39, 0.29) is 11.8 Å². The van der Waals surface area contributed by atoms with E-state index < -0.39 is 0 Å². The number of rotatable bonds is 7. The molecular weight excluding hydrogens is 516 g/mol. The third-order valence-electron chi connectivity index (χ3n) is 7.53. The molecule has 2 heterocycles. The molecule has 1 aliphatic heterocycles. The molecule has 1 N–H and O–H groups in total. The molecule has 7 heteroatoms. The number of carbonyl (C=O) groups excluding carboxylic acids is 1. The number of Topliss-reactive ketones (excluding diaryl/α,β-unsaturated/α-hetero) is 1. The number of nitrogens with zero attached hydrogens (tertiary/aromatic N) is 3. The minimum absolute atomic E-state index is 0.175. The van der Waals surface area contributed by atoms with E-state index in [2.05, 4.69) is 47.8 Å². The lowest BCUT2D eigenvalue weighted by atomic mass is 9.85. The number of aromatic nitrogens is 3. The number of ketones is 1. The van der Waals surface area contributed by atoms with Crippen molar-refractivity contribution in [3.63, 3.8) is 0 Å². The molecule has 40 heavy (non-hydrogen) atoms. The summed E-state index contributed by atoms with van der Waals surface area (Å²) in [5.41, 5.74) is 5.13. The molecule has 1 aliphatic carbocycles. The lowest BCUT2D eigenvalue weighted by Gasteiger charge is -2.32. The molecule has 1 unspecified atom stereocenters. The molecule has 0 spiro atoms. The summed E-state index contributed by atoms with van der Waals surface area (Å²) >= 11 is 1.61. The van der Waals surface area contributed by atoms with Crippen LogP contribution < -0.4 is 10.1 Å². The first-order valence-corrected chi connectivity index (χ1v) is 14.6. The van der Waals surface area contributed by atoms with Crippen molar-refractivity contribution in [3.05, 3.63) is 125 Å². The van der Waals surface area contributed by atoms with Crippen molar-refractivity contribution in [2.24, 2.45) is 0 Å². The van der Waals surface area contributed by atoms with E-state index in [4.69, 9.17) is 14.8 Å². The molecular formula is C33H28N4O2S. The van der Waals surface area contributed by atoms with Gasteiger partial charge >= 0.3 is 0 Å². The highest BCUT2D eigenvalue weighted by atomic mass is 32.2. The zero-order valence-electron chi connectivity index (χ0n) is 21.9. The monoisotopic (exact) mass is 544 g/mol. The number of ether oxygens (including phenoxy) is 1. The van der Waals surface area contributed by atoms with Crippen LogP contribution in [0.4, 0.5) is 5.95 Å². The first-order valence-electron chi connectivity index (χ1n) is 13.6. The van der Waals surface area contributed by atoms with Gasteiger partial charge in [-0.1, -0.05) is 96.7 Å². The number of benzene rings is 4. The minimum Gasteiger partial charge on any atom is -0.489 e. The summed E-state index contributed by atoms with van der Waals surface area (Å²) in [6.45, 7) is 0.506. The Morgan fingerprint density at radius 1 is 0.900 bits per heavy atom. The molecule has 6 nitrogen and oxygen atoms in total. The van der Waals surface area contributed by atoms with Crippen LogP contribution in [0.5, 0.6) is 5.75 Å². The Morgan fingerprint density at radius 3 is 2.58 bits per heavy atom. The fourth-order valence-corrected chi connectivity index (χ4v) is 6.39. The Kier molecular flexibility index (Phi) is 6.57. The fourth-order valence-electron chi connectivity index (χ4n) is 5.55. The molecule has 4 aromatic carbocycles. The maximum atomic E-state index is 13.2. The zero-order chi connectivity index (χ0) is 26.9. The summed E-state index contributed by atoms with van der Waals surface area (Å²) in [7, 11) is 0. The summed E-state index contributed by atoms with van der Waals surface area (Å²) < 4.78 is 7.89. The van der Waals surface area contributed by atoms with Crippen LogP contribution in [0, 0.1) is 0 Å². The molecule has 7 rings (SSSR count). The first kappa shape index (κ1) is 24.7. The van der Waals surface area contributed by atoms with Crippen molar-refractivity contribution in [3.8, 4) is 5.75 Å². The Morgan fingerprint density at radius 2 is 1.70 bits per heavy atom.